The lowest BCUT2D eigenvalue weighted by molar-refractivity contribution is -0.154. The molecule has 4 aliphatic heterocycles. The predicted molar refractivity (Wildman–Crippen MR) is 525 cm³/mol. The number of anilines is 3. The maximum absolute atomic E-state index is 12.6. The zero-order valence-corrected chi connectivity index (χ0v) is 76.0. The first-order chi connectivity index (χ1) is 60.8. The summed E-state index contributed by atoms with van der Waals surface area (Å²) in [6, 6.07) is 67.7. The number of pyridine rings is 4. The van der Waals surface area contributed by atoms with Gasteiger partial charge in [0.05, 0.1) is 110 Å². The van der Waals surface area contributed by atoms with E-state index in [1.165, 1.54) is 82.5 Å². The normalized spacial score (nSPS) is 14.2. The van der Waals surface area contributed by atoms with Crippen molar-refractivity contribution >= 4 is 202 Å². The Balaban J connectivity index is 0.000000125. The van der Waals surface area contributed by atoms with Crippen LogP contribution in [-0.2, 0) is 40.4 Å². The Morgan fingerprint density at radius 2 is 0.754 bits per heavy atom. The monoisotopic (exact) mass is 1750 g/mol. The van der Waals surface area contributed by atoms with Crippen molar-refractivity contribution in [1.82, 2.24) is 58.6 Å². The van der Waals surface area contributed by atoms with Gasteiger partial charge in [0, 0.05) is 160 Å². The van der Waals surface area contributed by atoms with Gasteiger partial charge in [0.2, 0.25) is 0 Å². The number of hydrogen-bond donors (Lipinski definition) is 4. The van der Waals surface area contributed by atoms with Gasteiger partial charge < -0.3 is 74.3 Å². The number of nitrogens with zero attached hydrogens (tertiary/aromatic N) is 13. The third-order valence-electron chi connectivity index (χ3n) is 23.9. The Hall–Kier alpha value is -11.2. The molecule has 0 saturated carbocycles. The van der Waals surface area contributed by atoms with E-state index in [9.17, 15) is 14.4 Å². The molecule has 0 aliphatic carbocycles. The molecule has 0 spiro atoms. The number of likely N-dealkylation sites (N-methyl/N-ethyl adjacent to an activating group) is 1. The molecule has 8 aromatic carbocycles. The van der Waals surface area contributed by atoms with Gasteiger partial charge in [-0.1, -0.05) is 157 Å². The van der Waals surface area contributed by atoms with Gasteiger partial charge in [-0.15, -0.1) is 24.0 Å². The van der Waals surface area contributed by atoms with Crippen LogP contribution in [0.15, 0.2) is 194 Å². The van der Waals surface area contributed by atoms with Crippen molar-refractivity contribution in [3.63, 3.8) is 0 Å². The Labute approximate surface area is 752 Å². The van der Waals surface area contributed by atoms with Gasteiger partial charge in [0.15, 0.2) is 0 Å². The minimum atomic E-state index is -0.482. The molecule has 126 heavy (non-hydrogen) atoms. The summed E-state index contributed by atoms with van der Waals surface area (Å²) < 4.78 is 20.1. The molecular formula is C101H118Cl3N17O5. The molecule has 658 valence electrons. The van der Waals surface area contributed by atoms with E-state index in [0.29, 0.717) is 31.9 Å². The highest BCUT2D eigenvalue weighted by Gasteiger charge is 2.30. The topological polar surface area (TPSA) is 233 Å². The lowest BCUT2D eigenvalue weighted by Crippen LogP contribution is -2.50. The summed E-state index contributed by atoms with van der Waals surface area (Å²) >= 11 is 12.6. The number of ether oxygens (including phenoxy) is 2. The van der Waals surface area contributed by atoms with E-state index < -0.39 is 5.60 Å². The number of amides is 3. The molecule has 25 heteroatoms. The molecular weight excluding hydrogens is 1640 g/mol. The summed E-state index contributed by atoms with van der Waals surface area (Å²) in [4.78, 5) is 67.5. The molecule has 6 N–H and O–H groups in total. The number of aromatic nitrogens is 8. The van der Waals surface area contributed by atoms with Crippen molar-refractivity contribution in [3.05, 3.63) is 199 Å². The first-order valence-corrected chi connectivity index (χ1v) is 45.6. The van der Waals surface area contributed by atoms with E-state index in [4.69, 9.17) is 64.1 Å². The maximum atomic E-state index is 12.6. The van der Waals surface area contributed by atoms with Crippen LogP contribution in [0.3, 0.4) is 0 Å². The molecule has 20 rings (SSSR count). The number of alkyl carbamates (subject to hydrolysis) is 1. The second-order valence-electron chi connectivity index (χ2n) is 35.0. The van der Waals surface area contributed by atoms with Gasteiger partial charge in [0.25, 0.3) is 0 Å². The number of piperazine rings is 1. The van der Waals surface area contributed by atoms with Gasteiger partial charge in [-0.2, -0.15) is 0 Å². The van der Waals surface area contributed by atoms with Crippen molar-refractivity contribution in [1.29, 1.82) is 0 Å². The number of carbonyl (C=O) groups is 3. The zero-order valence-electron chi connectivity index (χ0n) is 73.7. The lowest BCUT2D eigenvalue weighted by atomic mass is 10.1. The fourth-order valence-corrected chi connectivity index (χ4v) is 18.9. The number of halogens is 3. The molecule has 12 heterocycles. The van der Waals surface area contributed by atoms with Crippen molar-refractivity contribution in [3.8, 4) is 0 Å². The van der Waals surface area contributed by atoms with E-state index in [1.807, 2.05) is 82.8 Å². The zero-order chi connectivity index (χ0) is 86.9. The number of benzene rings is 8. The van der Waals surface area contributed by atoms with E-state index in [2.05, 4.69) is 213 Å². The number of aryl methyl sites for hydroxylation is 4. The molecule has 0 unspecified atom stereocenters. The third-order valence-corrected chi connectivity index (χ3v) is 24.6. The summed E-state index contributed by atoms with van der Waals surface area (Å²) in [5.74, 6) is 0.503. The number of nitrogens with two attached hydrogens (primary N) is 2. The average molecular weight is 1760 g/mol. The van der Waals surface area contributed by atoms with Crippen LogP contribution in [0, 0.1) is 0 Å². The Kier molecular flexibility index (Phi) is 28.6. The van der Waals surface area contributed by atoms with Gasteiger partial charge >= 0.3 is 18.1 Å². The summed E-state index contributed by atoms with van der Waals surface area (Å²) in [7, 11) is 2.11. The lowest BCUT2D eigenvalue weighted by Gasteiger charge is -2.32. The van der Waals surface area contributed by atoms with Gasteiger partial charge in [-0.3, -0.25) is 4.79 Å². The van der Waals surface area contributed by atoms with Crippen molar-refractivity contribution in [2.75, 3.05) is 119 Å². The van der Waals surface area contributed by atoms with Crippen LogP contribution < -0.4 is 36.8 Å². The quantitative estimate of drug-likeness (QED) is 0.0355. The number of carbonyl (C=O) groups excluding carboxylic acids is 3. The average Bonchev–Trinajstić information content (AvgIpc) is 1.57. The van der Waals surface area contributed by atoms with Crippen LogP contribution in [0.25, 0.3) is 131 Å². The fourth-order valence-electron chi connectivity index (χ4n) is 18.4. The number of fused-ring (bicyclic) bond motifs is 19. The number of para-hydroxylation sites is 8. The second-order valence-corrected chi connectivity index (χ2v) is 35.8. The molecule has 16 aromatic rings. The van der Waals surface area contributed by atoms with E-state index >= 15 is 0 Å². The SMILES string of the molecule is CC(C)(C)OC(=O)CCCCN.CC(C)(C)OC(=O)NCCCN1CCCn2c3ccccc3c3nc4ccccc4c1c32.CN1CCN(C(=O)NCCCN2CCCn3c4ccccc4c4nc5ccccc5c2c43)CC1.Cl.ClCCCn1c2ccccc2c2nc3ccccc3c(Cl)c21.NCCCN1CCCn2c3ccccc3c3nc4ccccc4c1c32. The molecule has 0 atom stereocenters. The second kappa shape index (κ2) is 40.2. The number of alkyl halides is 1. The number of urea groups is 1. The number of nitrogens with one attached hydrogen (secondary N) is 2. The molecule has 3 amide bonds. The van der Waals surface area contributed by atoms with E-state index in [-0.39, 0.29) is 36.1 Å². The highest BCUT2D eigenvalue weighted by molar-refractivity contribution is 6.41. The standard InChI is InChI=1S/C27H32N6O.C26H30N4O2.C21H22N4.C18H14Cl2N2.C9H19NO2.ClH/c1-30-16-18-32(19-17-30)27(34)28-12-6-13-31-14-7-15-33-23-11-5-3-9-21(23)24-26(33)25(31)20-8-2-4-10-22(20)29-24;1-26(2,3)32-25(31)27-14-8-15-29-16-9-17-30-21-13-7-5-11-19(21)22-24(30)23(29)18-10-4-6-12-20(18)28-22;22-11-5-12-24-13-6-14-25-18-10-4-2-8-16(18)19-21(25)20(24)15-7-1-3-9-17(15)23-19;19-10-5-11-22-15-9-4-2-7-13(15)17-18(22)16(20)12-6-1-3-8-14(12)21-17;1-9(2,3)12-8(11)6-4-5-7-10;/h2-5,8-11H,6-7,12-19H2,1H3,(H,28,34);4-7,10-13H,8-9,14-17H2,1-3H3,(H,27,31);1-4,7-10H,5-6,11-14,22H2;1-4,6-9H,5,10-11H2;4-7,10H2,1-3H3;1H. The minimum Gasteiger partial charge on any atom is -0.460 e. The molecule has 1 fully saturated rings. The van der Waals surface area contributed by atoms with Gasteiger partial charge in [-0.25, -0.2) is 29.5 Å². The van der Waals surface area contributed by atoms with Crippen LogP contribution in [0.5, 0.6) is 0 Å². The van der Waals surface area contributed by atoms with Crippen LogP contribution in [0.2, 0.25) is 5.02 Å². The first-order valence-electron chi connectivity index (χ1n) is 44.7. The predicted octanol–water partition coefficient (Wildman–Crippen LogP) is 20.8. The highest BCUT2D eigenvalue weighted by atomic mass is 35.5. The largest absolute Gasteiger partial charge is 0.460 e. The molecule has 22 nitrogen and oxygen atoms in total. The Bertz CT molecular complexity index is 6580. The molecule has 1 saturated heterocycles. The van der Waals surface area contributed by atoms with Crippen LogP contribution >= 0.6 is 35.6 Å². The first kappa shape index (κ1) is 89.6. The van der Waals surface area contributed by atoms with Gasteiger partial charge in [-0.05, 0) is 168 Å². The summed E-state index contributed by atoms with van der Waals surface area (Å²) in [5, 5.41) is 16.3. The van der Waals surface area contributed by atoms with Crippen molar-refractivity contribution in [2.45, 2.75) is 143 Å². The number of hydrogen-bond acceptors (Lipinski definition) is 15. The molecule has 8 aromatic heterocycles. The van der Waals surface area contributed by atoms with Gasteiger partial charge in [0.1, 0.15) is 11.2 Å². The molecule has 4 aliphatic rings. The van der Waals surface area contributed by atoms with Crippen molar-refractivity contribution < 1.29 is 23.9 Å². The minimum absolute atomic E-state index is 0. The highest BCUT2D eigenvalue weighted by Crippen LogP contribution is 2.45. The maximum Gasteiger partial charge on any atom is 0.407 e. The third kappa shape index (κ3) is 19.4. The van der Waals surface area contributed by atoms with Crippen LogP contribution in [0.4, 0.5) is 26.7 Å². The molecule has 0 bridgehead atoms. The summed E-state index contributed by atoms with van der Waals surface area (Å²) in [6.07, 6.45) is 8.80. The Morgan fingerprint density at radius 1 is 0.397 bits per heavy atom. The summed E-state index contributed by atoms with van der Waals surface area (Å²) in [5.41, 5.74) is 32.2. The number of unbranched alkanes of at least 4 members (excludes halogenated alkanes) is 1. The van der Waals surface area contributed by atoms with Crippen LogP contribution in [-0.4, -0.2) is 182 Å². The van der Waals surface area contributed by atoms with E-state index in [1.54, 1.807) is 0 Å². The summed E-state index contributed by atoms with van der Waals surface area (Å²) in [6.45, 7) is 27.1. The van der Waals surface area contributed by atoms with E-state index in [0.717, 1.165) is 227 Å². The Morgan fingerprint density at radius 3 is 1.17 bits per heavy atom. The smallest absolute Gasteiger partial charge is 0.407 e. The number of rotatable bonds is 18. The number of esters is 1. The van der Waals surface area contributed by atoms with Crippen molar-refractivity contribution in [2.24, 2.45) is 11.5 Å². The molecule has 0 radical (unpaired) electrons. The van der Waals surface area contributed by atoms with Crippen LogP contribution in [0.1, 0.15) is 106 Å². The fraction of sp³-hybridized carbons (Fsp3) is 0.376.